The fourth-order valence-corrected chi connectivity index (χ4v) is 4.95. The molecule has 1 saturated carbocycles. The van der Waals surface area contributed by atoms with Crippen molar-refractivity contribution < 1.29 is 8.42 Å². The third-order valence-electron chi connectivity index (χ3n) is 3.62. The number of thiophene rings is 1. The molecule has 1 aliphatic carbocycles. The van der Waals surface area contributed by atoms with Crippen LogP contribution in [-0.2, 0) is 10.0 Å². The topological polar surface area (TPSA) is 70.0 Å². The Labute approximate surface area is 118 Å². The van der Waals surface area contributed by atoms with Crippen molar-refractivity contribution >= 4 is 21.4 Å². The van der Waals surface area contributed by atoms with Gasteiger partial charge in [-0.3, -0.25) is 0 Å². The Bertz CT molecular complexity index is 572. The average Bonchev–Trinajstić information content (AvgIpc) is 2.78. The van der Waals surface area contributed by atoms with Gasteiger partial charge in [-0.1, -0.05) is 26.2 Å². The third kappa shape index (κ3) is 3.56. The Morgan fingerprint density at radius 3 is 2.74 bits per heavy atom. The quantitative estimate of drug-likeness (QED) is 0.872. The largest absolute Gasteiger partial charge is 0.250 e. The zero-order valence-electron chi connectivity index (χ0n) is 10.9. The number of hydrogen-bond donors (Lipinski definition) is 1. The van der Waals surface area contributed by atoms with Crippen LogP contribution in [0.25, 0.3) is 0 Å². The maximum absolute atomic E-state index is 12.3. The van der Waals surface area contributed by atoms with Crippen LogP contribution in [0, 0.1) is 17.2 Å². The molecule has 1 aromatic heterocycles. The van der Waals surface area contributed by atoms with Crippen molar-refractivity contribution in [3.8, 4) is 6.07 Å². The minimum absolute atomic E-state index is 0.0140. The van der Waals surface area contributed by atoms with Crippen molar-refractivity contribution in [3.63, 3.8) is 0 Å². The Kier molecular flexibility index (Phi) is 4.61. The summed E-state index contributed by atoms with van der Waals surface area (Å²) in [4.78, 5) is 0.425. The molecule has 19 heavy (non-hydrogen) atoms. The van der Waals surface area contributed by atoms with Crippen LogP contribution in [0.5, 0.6) is 0 Å². The molecule has 1 heterocycles. The second-order valence-electron chi connectivity index (χ2n) is 5.07. The zero-order valence-corrected chi connectivity index (χ0v) is 12.6. The van der Waals surface area contributed by atoms with E-state index in [0.29, 0.717) is 10.8 Å². The second kappa shape index (κ2) is 6.04. The standard InChI is InChI=1S/C13H18N2O2S2/c1-10-5-3-2-4-6-12(10)15-19(16,17)13-8-7-11(9-14)18-13/h7-8,10,12,15H,2-6H2,1H3. The van der Waals surface area contributed by atoms with E-state index in [0.717, 1.165) is 30.6 Å². The normalized spacial score (nSPS) is 24.6. The lowest BCUT2D eigenvalue weighted by atomic mass is 9.98. The summed E-state index contributed by atoms with van der Waals surface area (Å²) in [6, 6.07) is 5.04. The molecular weight excluding hydrogens is 280 g/mol. The van der Waals surface area contributed by atoms with E-state index in [2.05, 4.69) is 11.6 Å². The molecule has 1 fully saturated rings. The number of rotatable bonds is 3. The Morgan fingerprint density at radius 2 is 2.05 bits per heavy atom. The summed E-state index contributed by atoms with van der Waals surface area (Å²) >= 11 is 1.02. The van der Waals surface area contributed by atoms with Gasteiger partial charge in [0.1, 0.15) is 15.2 Å². The first-order chi connectivity index (χ1) is 9.03. The fourth-order valence-electron chi connectivity index (χ4n) is 2.45. The second-order valence-corrected chi connectivity index (χ2v) is 8.10. The number of nitriles is 1. The average molecular weight is 298 g/mol. The first-order valence-corrected chi connectivity index (χ1v) is 8.85. The summed E-state index contributed by atoms with van der Waals surface area (Å²) in [7, 11) is -3.48. The highest BCUT2D eigenvalue weighted by atomic mass is 32.2. The maximum atomic E-state index is 12.3. The molecule has 0 aliphatic heterocycles. The number of nitrogens with zero attached hydrogens (tertiary/aromatic N) is 1. The molecule has 104 valence electrons. The van der Waals surface area contributed by atoms with Crippen molar-refractivity contribution in [2.24, 2.45) is 5.92 Å². The summed E-state index contributed by atoms with van der Waals surface area (Å²) in [5.74, 6) is 0.368. The number of hydrogen-bond acceptors (Lipinski definition) is 4. The highest BCUT2D eigenvalue weighted by Gasteiger charge is 2.26. The van der Waals surface area contributed by atoms with Gasteiger partial charge < -0.3 is 0 Å². The van der Waals surface area contributed by atoms with Crippen molar-refractivity contribution in [2.45, 2.75) is 49.3 Å². The molecule has 2 unspecified atom stereocenters. The molecule has 1 aromatic rings. The number of sulfonamides is 1. The molecule has 1 N–H and O–H groups in total. The molecule has 1 aliphatic rings. The molecule has 0 aromatic carbocycles. The van der Waals surface area contributed by atoms with Crippen molar-refractivity contribution in [3.05, 3.63) is 17.0 Å². The Balaban J connectivity index is 2.14. The molecule has 0 amide bonds. The molecule has 0 bridgehead atoms. The predicted molar refractivity (Wildman–Crippen MR) is 75.4 cm³/mol. The lowest BCUT2D eigenvalue weighted by molar-refractivity contribution is 0.400. The molecule has 4 nitrogen and oxygen atoms in total. The van der Waals surface area contributed by atoms with E-state index in [-0.39, 0.29) is 10.3 Å². The monoisotopic (exact) mass is 298 g/mol. The Morgan fingerprint density at radius 1 is 1.32 bits per heavy atom. The van der Waals surface area contributed by atoms with Gasteiger partial charge in [0.15, 0.2) is 0 Å². The highest BCUT2D eigenvalue weighted by Crippen LogP contribution is 2.26. The maximum Gasteiger partial charge on any atom is 0.250 e. The smallest absolute Gasteiger partial charge is 0.207 e. The van der Waals surface area contributed by atoms with E-state index in [1.807, 2.05) is 6.07 Å². The van der Waals surface area contributed by atoms with Gasteiger partial charge in [-0.25, -0.2) is 13.1 Å². The van der Waals surface area contributed by atoms with Crippen LogP contribution in [0.1, 0.15) is 43.9 Å². The van der Waals surface area contributed by atoms with Crippen LogP contribution in [0.4, 0.5) is 0 Å². The molecule has 0 saturated heterocycles. The van der Waals surface area contributed by atoms with E-state index >= 15 is 0 Å². The zero-order chi connectivity index (χ0) is 13.9. The van der Waals surface area contributed by atoms with Crippen LogP contribution in [0.2, 0.25) is 0 Å². The van der Waals surface area contributed by atoms with Crippen LogP contribution in [0.3, 0.4) is 0 Å². The van der Waals surface area contributed by atoms with E-state index < -0.39 is 10.0 Å². The predicted octanol–water partition coefficient (Wildman–Crippen LogP) is 2.87. The van der Waals surface area contributed by atoms with E-state index in [1.54, 1.807) is 6.07 Å². The van der Waals surface area contributed by atoms with Gasteiger partial charge in [0, 0.05) is 6.04 Å². The van der Waals surface area contributed by atoms with E-state index in [9.17, 15) is 8.42 Å². The van der Waals surface area contributed by atoms with Crippen molar-refractivity contribution in [1.29, 1.82) is 5.26 Å². The minimum Gasteiger partial charge on any atom is -0.207 e. The molecule has 0 spiro atoms. The van der Waals surface area contributed by atoms with Crippen LogP contribution < -0.4 is 4.72 Å². The van der Waals surface area contributed by atoms with Gasteiger partial charge in [-0.2, -0.15) is 5.26 Å². The lowest BCUT2D eigenvalue weighted by Gasteiger charge is -2.22. The molecule has 0 radical (unpaired) electrons. The molecule has 2 atom stereocenters. The minimum atomic E-state index is -3.48. The van der Waals surface area contributed by atoms with Gasteiger partial charge in [0.05, 0.1) is 0 Å². The SMILES string of the molecule is CC1CCCCCC1NS(=O)(=O)c1ccc(C#N)s1. The van der Waals surface area contributed by atoms with E-state index in [4.69, 9.17) is 5.26 Å². The highest BCUT2D eigenvalue weighted by molar-refractivity contribution is 7.91. The van der Waals surface area contributed by atoms with Crippen LogP contribution in [-0.4, -0.2) is 14.5 Å². The summed E-state index contributed by atoms with van der Waals surface area (Å²) in [5.41, 5.74) is 0. The van der Waals surface area contributed by atoms with Gasteiger partial charge >= 0.3 is 0 Å². The molecular formula is C13H18N2O2S2. The fraction of sp³-hybridized carbons (Fsp3) is 0.615. The summed E-state index contributed by atoms with van der Waals surface area (Å²) < 4.78 is 27.6. The van der Waals surface area contributed by atoms with Gasteiger partial charge in [0.2, 0.25) is 10.0 Å². The molecule has 2 rings (SSSR count). The van der Waals surface area contributed by atoms with Crippen molar-refractivity contribution in [1.82, 2.24) is 4.72 Å². The van der Waals surface area contributed by atoms with Crippen molar-refractivity contribution in [2.75, 3.05) is 0 Å². The first-order valence-electron chi connectivity index (χ1n) is 6.55. The van der Waals surface area contributed by atoms with Gasteiger partial charge in [-0.05, 0) is 30.9 Å². The van der Waals surface area contributed by atoms with Gasteiger partial charge in [0.25, 0.3) is 0 Å². The third-order valence-corrected chi connectivity index (χ3v) is 6.60. The Hall–Kier alpha value is -0.900. The van der Waals surface area contributed by atoms with E-state index in [1.165, 1.54) is 18.9 Å². The first kappa shape index (κ1) is 14.5. The lowest BCUT2D eigenvalue weighted by Crippen LogP contribution is -2.38. The van der Waals surface area contributed by atoms with Gasteiger partial charge in [-0.15, -0.1) is 11.3 Å². The number of nitrogens with one attached hydrogen (secondary N) is 1. The van der Waals surface area contributed by atoms with Crippen LogP contribution in [0.15, 0.2) is 16.3 Å². The summed E-state index contributed by atoms with van der Waals surface area (Å²) in [5, 5.41) is 8.76. The summed E-state index contributed by atoms with van der Waals surface area (Å²) in [6.45, 7) is 2.10. The van der Waals surface area contributed by atoms with Crippen LogP contribution >= 0.6 is 11.3 Å². The summed E-state index contributed by atoms with van der Waals surface area (Å²) in [6.07, 6.45) is 5.40. The molecule has 6 heteroatoms.